The van der Waals surface area contributed by atoms with Gasteiger partial charge < -0.3 is 24.0 Å². The monoisotopic (exact) mass is 264 g/mol. The van der Waals surface area contributed by atoms with E-state index in [1.807, 2.05) is 6.92 Å². The fraction of sp³-hybridized carbons (Fsp3) is 0.800. The summed E-state index contributed by atoms with van der Waals surface area (Å²) >= 11 is 0. The van der Waals surface area contributed by atoms with Gasteiger partial charge in [0.15, 0.2) is 0 Å². The van der Waals surface area contributed by atoms with Gasteiger partial charge in [-0.05, 0) is 13.0 Å². The zero-order chi connectivity index (χ0) is 12.7. The summed E-state index contributed by atoms with van der Waals surface area (Å²) in [5.41, 5.74) is -0.780. The van der Waals surface area contributed by atoms with Crippen LogP contribution in [0.4, 0.5) is 0 Å². The summed E-state index contributed by atoms with van der Waals surface area (Å²) in [6.45, 7) is 2.37. The van der Waals surface area contributed by atoms with Crippen LogP contribution in [0.5, 0.6) is 0 Å². The molecule has 2 N–H and O–H groups in total. The fourth-order valence-electron chi connectivity index (χ4n) is 2.56. The molecule has 2 heterocycles. The molecule has 0 aliphatic carbocycles. The largest absolute Gasteiger partial charge is 0.375 e. The van der Waals surface area contributed by atoms with E-state index in [2.05, 4.69) is 0 Å². The average Bonchev–Trinajstić information content (AvgIpc) is 2.38. The lowest BCUT2D eigenvalue weighted by Crippen LogP contribution is -2.48. The zero-order valence-electron chi connectivity index (χ0n) is 9.78. The molecule has 0 spiro atoms. The van der Waals surface area contributed by atoms with Crippen molar-refractivity contribution in [3.8, 4) is 0 Å². The Bertz CT molecular complexity index is 364. The molecule has 0 aromatic heterocycles. The molecule has 0 amide bonds. The van der Waals surface area contributed by atoms with Gasteiger partial charge in [-0.15, -0.1) is 0 Å². The van der Waals surface area contributed by atoms with Gasteiger partial charge in [0.25, 0.3) is 0 Å². The summed E-state index contributed by atoms with van der Waals surface area (Å²) in [5, 5.41) is 0. The molecule has 0 aromatic rings. The standard InChI is InChI=1S/C10H17O6P/c1-7-8-9(14-2)10(16-7,3-5-15-8)4-6-17(11,12)13/h4,6-9H,3,5H2,1-2H3,(H2,11,12,13)/b6-4+/t7-,8+,9?,10-/m0/s1. The van der Waals surface area contributed by atoms with Crippen molar-refractivity contribution in [2.75, 3.05) is 13.7 Å². The molecule has 2 aliphatic heterocycles. The molecule has 0 radical (unpaired) electrons. The van der Waals surface area contributed by atoms with Crippen molar-refractivity contribution in [3.05, 3.63) is 11.9 Å². The minimum atomic E-state index is -4.18. The molecule has 2 saturated heterocycles. The van der Waals surface area contributed by atoms with E-state index < -0.39 is 13.2 Å². The van der Waals surface area contributed by atoms with Gasteiger partial charge >= 0.3 is 7.60 Å². The topological polar surface area (TPSA) is 85.2 Å². The Hall–Kier alpha value is -0.230. The second-order valence-corrected chi connectivity index (χ2v) is 5.90. The fourth-order valence-corrected chi connectivity index (χ4v) is 3.00. The predicted octanol–water partition coefficient (Wildman–Crippen LogP) is 0.639. The van der Waals surface area contributed by atoms with E-state index in [9.17, 15) is 4.57 Å². The van der Waals surface area contributed by atoms with Crippen LogP contribution in [-0.4, -0.2) is 47.4 Å². The molecule has 2 rings (SSSR count). The first kappa shape index (κ1) is 13.2. The Morgan fingerprint density at radius 1 is 1.53 bits per heavy atom. The highest BCUT2D eigenvalue weighted by molar-refractivity contribution is 7.55. The third-order valence-electron chi connectivity index (χ3n) is 3.26. The van der Waals surface area contributed by atoms with Crippen molar-refractivity contribution in [2.24, 2.45) is 0 Å². The van der Waals surface area contributed by atoms with E-state index >= 15 is 0 Å². The lowest BCUT2D eigenvalue weighted by Gasteiger charge is -2.35. The summed E-state index contributed by atoms with van der Waals surface area (Å²) in [7, 11) is -2.63. The van der Waals surface area contributed by atoms with E-state index in [4.69, 9.17) is 24.0 Å². The van der Waals surface area contributed by atoms with E-state index in [0.717, 1.165) is 5.82 Å². The molecule has 17 heavy (non-hydrogen) atoms. The van der Waals surface area contributed by atoms with Gasteiger partial charge in [0, 0.05) is 19.3 Å². The third-order valence-corrected chi connectivity index (χ3v) is 3.79. The summed E-state index contributed by atoms with van der Waals surface area (Å²) in [6.07, 6.45) is 1.30. The Morgan fingerprint density at radius 2 is 2.24 bits per heavy atom. The number of rotatable bonds is 3. The average molecular weight is 264 g/mol. The Labute approximate surface area is 99.7 Å². The molecule has 4 atom stereocenters. The molecule has 2 aliphatic rings. The number of fused-ring (bicyclic) bond motifs is 2. The van der Waals surface area contributed by atoms with Crippen LogP contribution in [0.1, 0.15) is 13.3 Å². The van der Waals surface area contributed by atoms with E-state index in [-0.39, 0.29) is 18.3 Å². The minimum Gasteiger partial charge on any atom is -0.375 e. The summed E-state index contributed by atoms with van der Waals surface area (Å²) < 4.78 is 27.6. The van der Waals surface area contributed by atoms with Crippen molar-refractivity contribution in [1.29, 1.82) is 0 Å². The third kappa shape index (κ3) is 2.47. The summed E-state index contributed by atoms with van der Waals surface area (Å²) in [5.74, 6) is 0.888. The van der Waals surface area contributed by atoms with Crippen molar-refractivity contribution in [3.63, 3.8) is 0 Å². The summed E-state index contributed by atoms with van der Waals surface area (Å²) in [4.78, 5) is 17.8. The van der Waals surface area contributed by atoms with E-state index in [1.54, 1.807) is 7.11 Å². The van der Waals surface area contributed by atoms with Crippen molar-refractivity contribution < 1.29 is 28.6 Å². The Morgan fingerprint density at radius 3 is 2.82 bits per heavy atom. The SMILES string of the molecule is COC1[C@@H]2OCC[C@@]1(/C=C/P(=O)(O)O)O[C@H]2C. The molecule has 2 fully saturated rings. The summed E-state index contributed by atoms with van der Waals surface area (Å²) in [6, 6.07) is 0. The quantitative estimate of drug-likeness (QED) is 0.727. The van der Waals surface area contributed by atoms with Crippen LogP contribution in [0.15, 0.2) is 11.9 Å². The zero-order valence-corrected chi connectivity index (χ0v) is 10.7. The van der Waals surface area contributed by atoms with Gasteiger partial charge in [0.2, 0.25) is 0 Å². The first-order valence-corrected chi connectivity index (χ1v) is 7.14. The Kier molecular flexibility index (Phi) is 3.47. The van der Waals surface area contributed by atoms with Crippen LogP contribution in [0.25, 0.3) is 0 Å². The van der Waals surface area contributed by atoms with Gasteiger partial charge in [-0.3, -0.25) is 4.57 Å². The van der Waals surface area contributed by atoms with E-state index in [1.165, 1.54) is 6.08 Å². The highest BCUT2D eigenvalue weighted by atomic mass is 31.2. The number of hydrogen-bond acceptors (Lipinski definition) is 4. The van der Waals surface area contributed by atoms with Crippen LogP contribution >= 0.6 is 7.60 Å². The lowest BCUT2D eigenvalue weighted by atomic mass is 9.89. The Balaban J connectivity index is 2.28. The van der Waals surface area contributed by atoms with Gasteiger partial charge in [0.1, 0.15) is 17.8 Å². The van der Waals surface area contributed by atoms with Crippen molar-refractivity contribution >= 4 is 7.60 Å². The van der Waals surface area contributed by atoms with Gasteiger partial charge in [-0.25, -0.2) is 0 Å². The predicted molar refractivity (Wildman–Crippen MR) is 59.6 cm³/mol. The maximum absolute atomic E-state index is 10.9. The molecular formula is C10H17O6P. The van der Waals surface area contributed by atoms with Crippen LogP contribution in [-0.2, 0) is 18.8 Å². The molecule has 2 bridgehead atoms. The molecule has 98 valence electrons. The second-order valence-electron chi connectivity index (χ2n) is 4.42. The van der Waals surface area contributed by atoms with Gasteiger partial charge in [-0.1, -0.05) is 0 Å². The van der Waals surface area contributed by atoms with Crippen molar-refractivity contribution in [1.82, 2.24) is 0 Å². The molecule has 6 nitrogen and oxygen atoms in total. The number of ether oxygens (including phenoxy) is 3. The maximum Gasteiger partial charge on any atom is 0.348 e. The first-order valence-electron chi connectivity index (χ1n) is 5.46. The highest BCUT2D eigenvalue weighted by Gasteiger charge is 2.56. The number of hydrogen-bond donors (Lipinski definition) is 2. The van der Waals surface area contributed by atoms with Crippen LogP contribution < -0.4 is 0 Å². The van der Waals surface area contributed by atoms with Gasteiger partial charge in [0.05, 0.1) is 12.7 Å². The van der Waals surface area contributed by atoms with Gasteiger partial charge in [-0.2, -0.15) is 0 Å². The number of methoxy groups -OCH3 is 1. The molecule has 1 unspecified atom stereocenters. The van der Waals surface area contributed by atoms with Crippen LogP contribution in [0.3, 0.4) is 0 Å². The second kappa shape index (κ2) is 4.46. The molecule has 0 aromatic carbocycles. The first-order chi connectivity index (χ1) is 7.88. The smallest absolute Gasteiger partial charge is 0.348 e. The minimum absolute atomic E-state index is 0.149. The van der Waals surface area contributed by atoms with Crippen molar-refractivity contribution in [2.45, 2.75) is 37.3 Å². The molecule has 7 heteroatoms. The molecular weight excluding hydrogens is 247 g/mol. The normalized spacial score (nSPS) is 42.2. The van der Waals surface area contributed by atoms with Crippen LogP contribution in [0, 0.1) is 0 Å². The van der Waals surface area contributed by atoms with E-state index in [0.29, 0.717) is 13.0 Å². The van der Waals surface area contributed by atoms with Crippen LogP contribution in [0.2, 0.25) is 0 Å². The maximum atomic E-state index is 10.9. The lowest BCUT2D eigenvalue weighted by molar-refractivity contribution is -0.110. The highest BCUT2D eigenvalue weighted by Crippen LogP contribution is 2.45. The molecule has 0 saturated carbocycles.